The van der Waals surface area contributed by atoms with E-state index in [1.165, 1.54) is 0 Å². The van der Waals surface area contributed by atoms with Gasteiger partial charge in [0.25, 0.3) is 0 Å². The lowest BCUT2D eigenvalue weighted by Crippen LogP contribution is -2.13. The molecule has 0 radical (unpaired) electrons. The van der Waals surface area contributed by atoms with Gasteiger partial charge in [0.1, 0.15) is 0 Å². The third-order valence-corrected chi connectivity index (χ3v) is 1.80. The van der Waals surface area contributed by atoms with Gasteiger partial charge in [0.15, 0.2) is 0 Å². The van der Waals surface area contributed by atoms with Crippen LogP contribution in [0.1, 0.15) is 19.3 Å². The first-order chi connectivity index (χ1) is 4.80. The molecular formula is C7H13ClO3. The lowest BCUT2D eigenvalue weighted by molar-refractivity contribution is -0.142. The number of carboxylic acid groups (broad SMARTS) is 1. The average Bonchev–Trinajstić information content (AvgIpc) is 2.12. The number of aliphatic carboxylic acids is 1. The van der Waals surface area contributed by atoms with Gasteiger partial charge >= 0.3 is 5.97 Å². The van der Waals surface area contributed by atoms with E-state index in [0.29, 0.717) is 13.0 Å². The van der Waals surface area contributed by atoms with Crippen molar-refractivity contribution in [3.8, 4) is 0 Å². The lowest BCUT2D eigenvalue weighted by atomic mass is 10.0. The van der Waals surface area contributed by atoms with Crippen LogP contribution in [-0.2, 0) is 9.53 Å². The molecule has 1 unspecified atom stereocenters. The minimum Gasteiger partial charge on any atom is -0.481 e. The highest BCUT2D eigenvalue weighted by Gasteiger charge is 2.18. The molecule has 0 amide bonds. The molecule has 1 heterocycles. The van der Waals surface area contributed by atoms with E-state index < -0.39 is 5.97 Å². The normalized spacial score (nSPS) is 24.9. The van der Waals surface area contributed by atoms with Gasteiger partial charge in [0, 0.05) is 13.2 Å². The molecule has 1 aliphatic heterocycles. The third-order valence-electron chi connectivity index (χ3n) is 1.80. The van der Waals surface area contributed by atoms with Gasteiger partial charge in [-0.25, -0.2) is 0 Å². The van der Waals surface area contributed by atoms with Crippen LogP contribution in [-0.4, -0.2) is 24.3 Å². The Kier molecular flexibility index (Phi) is 5.24. The minimum atomic E-state index is -0.675. The summed E-state index contributed by atoms with van der Waals surface area (Å²) in [6.07, 6.45) is 2.33. The highest BCUT2D eigenvalue weighted by Crippen LogP contribution is 2.15. The fourth-order valence-electron chi connectivity index (χ4n) is 1.15. The van der Waals surface area contributed by atoms with E-state index in [-0.39, 0.29) is 18.3 Å². The summed E-state index contributed by atoms with van der Waals surface area (Å²) in [7, 11) is 0. The standard InChI is InChI=1S/C7H12O3.ClH/c8-7(9)6-2-1-4-10-5-3-6;/h6H,1-5H2,(H,8,9);1H. The van der Waals surface area contributed by atoms with Crippen LogP contribution in [0.5, 0.6) is 0 Å². The van der Waals surface area contributed by atoms with Gasteiger partial charge in [-0.1, -0.05) is 0 Å². The van der Waals surface area contributed by atoms with Gasteiger partial charge in [0.2, 0.25) is 0 Å². The van der Waals surface area contributed by atoms with Crippen LogP contribution in [0.15, 0.2) is 0 Å². The number of hydrogen-bond acceptors (Lipinski definition) is 2. The smallest absolute Gasteiger partial charge is 0.306 e. The SMILES string of the molecule is Cl.O=C(O)C1CCCOCC1. The molecule has 0 bridgehead atoms. The Hall–Kier alpha value is -0.280. The van der Waals surface area contributed by atoms with E-state index >= 15 is 0 Å². The summed E-state index contributed by atoms with van der Waals surface area (Å²) in [6, 6.07) is 0. The van der Waals surface area contributed by atoms with Gasteiger partial charge in [-0.3, -0.25) is 4.79 Å². The Bertz CT molecular complexity index is 119. The highest BCUT2D eigenvalue weighted by atomic mass is 35.5. The zero-order valence-electron chi connectivity index (χ0n) is 6.28. The monoisotopic (exact) mass is 180 g/mol. The van der Waals surface area contributed by atoms with Crippen molar-refractivity contribution in [2.75, 3.05) is 13.2 Å². The molecule has 11 heavy (non-hydrogen) atoms. The first-order valence-electron chi connectivity index (χ1n) is 3.61. The van der Waals surface area contributed by atoms with Crippen molar-refractivity contribution in [1.82, 2.24) is 0 Å². The van der Waals surface area contributed by atoms with Gasteiger partial charge in [-0.05, 0) is 19.3 Å². The zero-order chi connectivity index (χ0) is 7.40. The van der Waals surface area contributed by atoms with Crippen molar-refractivity contribution in [1.29, 1.82) is 0 Å². The highest BCUT2D eigenvalue weighted by molar-refractivity contribution is 5.85. The molecule has 66 valence electrons. The molecule has 1 aliphatic rings. The van der Waals surface area contributed by atoms with Crippen LogP contribution in [0.2, 0.25) is 0 Å². The maximum absolute atomic E-state index is 10.5. The third kappa shape index (κ3) is 3.58. The Morgan fingerprint density at radius 2 is 2.09 bits per heavy atom. The predicted octanol–water partition coefficient (Wildman–Crippen LogP) is 1.31. The second kappa shape index (κ2) is 5.38. The lowest BCUT2D eigenvalue weighted by Gasteiger charge is -2.04. The Morgan fingerprint density at radius 3 is 2.73 bits per heavy atom. The number of carbonyl (C=O) groups is 1. The van der Waals surface area contributed by atoms with Gasteiger partial charge < -0.3 is 9.84 Å². The van der Waals surface area contributed by atoms with Crippen molar-refractivity contribution >= 4 is 18.4 Å². The summed E-state index contributed by atoms with van der Waals surface area (Å²) in [4.78, 5) is 10.5. The first kappa shape index (κ1) is 10.7. The fourth-order valence-corrected chi connectivity index (χ4v) is 1.15. The van der Waals surface area contributed by atoms with Gasteiger partial charge in [0.05, 0.1) is 5.92 Å². The van der Waals surface area contributed by atoms with Crippen molar-refractivity contribution in [2.45, 2.75) is 19.3 Å². The second-order valence-corrected chi connectivity index (χ2v) is 2.58. The Balaban J connectivity index is 0.000001000. The summed E-state index contributed by atoms with van der Waals surface area (Å²) >= 11 is 0. The summed E-state index contributed by atoms with van der Waals surface area (Å²) in [5, 5.41) is 8.61. The van der Waals surface area contributed by atoms with Gasteiger partial charge in [-0.15, -0.1) is 12.4 Å². The molecule has 0 aliphatic carbocycles. The van der Waals surface area contributed by atoms with Crippen molar-refractivity contribution < 1.29 is 14.6 Å². The molecule has 0 aromatic carbocycles. The summed E-state index contributed by atoms with van der Waals surface area (Å²) in [6.45, 7) is 1.33. The molecular weight excluding hydrogens is 168 g/mol. The van der Waals surface area contributed by atoms with Crippen molar-refractivity contribution in [3.05, 3.63) is 0 Å². The summed E-state index contributed by atoms with van der Waals surface area (Å²) < 4.78 is 5.11. The maximum Gasteiger partial charge on any atom is 0.306 e. The molecule has 0 aromatic heterocycles. The second-order valence-electron chi connectivity index (χ2n) is 2.58. The molecule has 1 fully saturated rings. The molecule has 1 N–H and O–H groups in total. The number of rotatable bonds is 1. The van der Waals surface area contributed by atoms with E-state index in [4.69, 9.17) is 9.84 Å². The molecule has 0 aromatic rings. The zero-order valence-corrected chi connectivity index (χ0v) is 7.10. The van der Waals surface area contributed by atoms with Crippen LogP contribution >= 0.6 is 12.4 Å². The van der Waals surface area contributed by atoms with Crippen molar-refractivity contribution in [3.63, 3.8) is 0 Å². The van der Waals surface area contributed by atoms with Crippen molar-refractivity contribution in [2.24, 2.45) is 5.92 Å². The van der Waals surface area contributed by atoms with Crippen LogP contribution in [0.25, 0.3) is 0 Å². The average molecular weight is 181 g/mol. The first-order valence-corrected chi connectivity index (χ1v) is 3.61. The summed E-state index contributed by atoms with van der Waals surface area (Å²) in [5.74, 6) is -0.840. The van der Waals surface area contributed by atoms with E-state index in [1.807, 2.05) is 0 Å². The molecule has 4 heteroatoms. The fraction of sp³-hybridized carbons (Fsp3) is 0.857. The molecule has 3 nitrogen and oxygen atoms in total. The topological polar surface area (TPSA) is 46.5 Å². The molecule has 1 saturated heterocycles. The van der Waals surface area contributed by atoms with Crippen LogP contribution in [0.3, 0.4) is 0 Å². The van der Waals surface area contributed by atoms with E-state index in [9.17, 15) is 4.79 Å². The van der Waals surface area contributed by atoms with E-state index in [1.54, 1.807) is 0 Å². The Labute approximate surface area is 72.1 Å². The number of hydrogen-bond donors (Lipinski definition) is 1. The van der Waals surface area contributed by atoms with Crippen LogP contribution in [0.4, 0.5) is 0 Å². The molecule has 0 spiro atoms. The predicted molar refractivity (Wildman–Crippen MR) is 43.0 cm³/mol. The Morgan fingerprint density at radius 1 is 1.36 bits per heavy atom. The molecule has 1 atom stereocenters. The number of halogens is 1. The molecule has 0 saturated carbocycles. The molecule has 1 rings (SSSR count). The van der Waals surface area contributed by atoms with Crippen LogP contribution < -0.4 is 0 Å². The minimum absolute atomic E-state index is 0. The quantitative estimate of drug-likeness (QED) is 0.662. The largest absolute Gasteiger partial charge is 0.481 e. The van der Waals surface area contributed by atoms with Crippen LogP contribution in [0, 0.1) is 5.92 Å². The summed E-state index contributed by atoms with van der Waals surface area (Å²) in [5.41, 5.74) is 0. The van der Waals surface area contributed by atoms with Gasteiger partial charge in [-0.2, -0.15) is 0 Å². The number of carboxylic acids is 1. The number of ether oxygens (including phenoxy) is 1. The van der Waals surface area contributed by atoms with E-state index in [0.717, 1.165) is 19.4 Å². The van der Waals surface area contributed by atoms with E-state index in [2.05, 4.69) is 0 Å². The maximum atomic E-state index is 10.5.